The lowest BCUT2D eigenvalue weighted by Gasteiger charge is -2.07. The highest BCUT2D eigenvalue weighted by atomic mass is 16.6. The summed E-state index contributed by atoms with van der Waals surface area (Å²) in [5.41, 5.74) is 4.21. The van der Waals surface area contributed by atoms with Crippen LogP contribution in [0.1, 0.15) is 58.9 Å². The Bertz CT molecular complexity index is 633. The molecule has 0 aromatic heterocycles. The van der Waals surface area contributed by atoms with Crippen molar-refractivity contribution < 1.29 is 14.2 Å². The first-order valence-electron chi connectivity index (χ1n) is 9.55. The van der Waals surface area contributed by atoms with Crippen molar-refractivity contribution in [2.75, 3.05) is 14.2 Å². The molecular weight excluding hydrogens is 324 g/mol. The third kappa shape index (κ3) is 6.53. The molecule has 26 heavy (non-hydrogen) atoms. The molecule has 0 radical (unpaired) electrons. The Balaban J connectivity index is 1.76. The van der Waals surface area contributed by atoms with Gasteiger partial charge in [0.15, 0.2) is 0 Å². The van der Waals surface area contributed by atoms with E-state index in [1.807, 2.05) is 6.07 Å². The van der Waals surface area contributed by atoms with Crippen LogP contribution in [0.3, 0.4) is 0 Å². The Morgan fingerprint density at radius 3 is 2.12 bits per heavy atom. The average molecular weight is 359 g/mol. The Morgan fingerprint density at radius 2 is 1.58 bits per heavy atom. The van der Waals surface area contributed by atoms with Crippen LogP contribution < -0.4 is 9.47 Å². The normalized spacial score (nSPS) is 19.4. The summed E-state index contributed by atoms with van der Waals surface area (Å²) < 4.78 is 16.3. The van der Waals surface area contributed by atoms with E-state index in [0.717, 1.165) is 43.6 Å². The molecule has 1 heterocycles. The maximum atomic E-state index is 5.65. The van der Waals surface area contributed by atoms with E-state index in [2.05, 4.69) is 52.0 Å². The minimum Gasteiger partial charge on any atom is -0.497 e. The Morgan fingerprint density at radius 1 is 1.00 bits per heavy atom. The molecule has 0 spiro atoms. The number of hydrogen-bond acceptors (Lipinski definition) is 3. The number of rotatable bonds is 10. The van der Waals surface area contributed by atoms with E-state index in [-0.39, 0.29) is 5.60 Å². The van der Waals surface area contributed by atoms with E-state index in [1.165, 1.54) is 16.7 Å². The second-order valence-electron chi connectivity index (χ2n) is 7.81. The molecule has 144 valence electrons. The van der Waals surface area contributed by atoms with Crippen molar-refractivity contribution in [2.24, 2.45) is 0 Å². The van der Waals surface area contributed by atoms with Crippen LogP contribution in [0.2, 0.25) is 0 Å². The van der Waals surface area contributed by atoms with Crippen molar-refractivity contribution >= 4 is 0 Å². The highest BCUT2D eigenvalue weighted by Crippen LogP contribution is 2.38. The quantitative estimate of drug-likeness (QED) is 0.387. The molecular formula is C23H34O3. The molecule has 3 heteroatoms. The van der Waals surface area contributed by atoms with Crippen LogP contribution in [0, 0.1) is 0 Å². The number of ether oxygens (including phenoxy) is 3. The summed E-state index contributed by atoms with van der Waals surface area (Å²) in [6.45, 7) is 8.78. The molecule has 1 aliphatic rings. The Kier molecular flexibility index (Phi) is 7.33. The molecule has 0 aliphatic carbocycles. The molecule has 0 unspecified atom stereocenters. The van der Waals surface area contributed by atoms with Crippen molar-refractivity contribution in [3.05, 3.63) is 47.1 Å². The van der Waals surface area contributed by atoms with Crippen molar-refractivity contribution in [1.29, 1.82) is 0 Å². The number of benzene rings is 1. The van der Waals surface area contributed by atoms with Gasteiger partial charge in [0.25, 0.3) is 0 Å². The fraction of sp³-hybridized carbons (Fsp3) is 0.565. The van der Waals surface area contributed by atoms with Crippen molar-refractivity contribution in [2.45, 2.75) is 71.5 Å². The van der Waals surface area contributed by atoms with Gasteiger partial charge in [-0.2, -0.15) is 0 Å². The summed E-state index contributed by atoms with van der Waals surface area (Å²) in [6.07, 6.45) is 10.5. The predicted octanol–water partition coefficient (Wildman–Crippen LogP) is 5.88. The second kappa shape index (κ2) is 9.27. The maximum absolute atomic E-state index is 5.65. The van der Waals surface area contributed by atoms with E-state index in [0.29, 0.717) is 6.10 Å². The zero-order chi connectivity index (χ0) is 19.2. The number of methoxy groups -OCH3 is 2. The molecule has 1 atom stereocenters. The summed E-state index contributed by atoms with van der Waals surface area (Å²) in [5.74, 6) is 1.68. The zero-order valence-electron chi connectivity index (χ0n) is 17.2. The second-order valence-corrected chi connectivity index (χ2v) is 7.81. The molecule has 0 saturated carbocycles. The molecule has 3 nitrogen and oxygen atoms in total. The van der Waals surface area contributed by atoms with Crippen LogP contribution in [0.5, 0.6) is 11.5 Å². The third-order valence-electron chi connectivity index (χ3n) is 5.09. The van der Waals surface area contributed by atoms with E-state index >= 15 is 0 Å². The van der Waals surface area contributed by atoms with Gasteiger partial charge in [0, 0.05) is 6.07 Å². The molecule has 2 rings (SSSR count). The van der Waals surface area contributed by atoms with E-state index in [1.54, 1.807) is 14.2 Å². The van der Waals surface area contributed by atoms with Crippen molar-refractivity contribution in [1.82, 2.24) is 0 Å². The zero-order valence-corrected chi connectivity index (χ0v) is 17.2. The van der Waals surface area contributed by atoms with Crippen LogP contribution in [-0.4, -0.2) is 25.9 Å². The van der Waals surface area contributed by atoms with E-state index < -0.39 is 0 Å². The Hall–Kier alpha value is -1.74. The summed E-state index contributed by atoms with van der Waals surface area (Å²) in [5, 5.41) is 0. The van der Waals surface area contributed by atoms with Gasteiger partial charge in [0.05, 0.1) is 25.9 Å². The van der Waals surface area contributed by atoms with Crippen LogP contribution in [0.15, 0.2) is 41.5 Å². The smallest absolute Gasteiger partial charge is 0.122 e. The predicted molar refractivity (Wildman–Crippen MR) is 108 cm³/mol. The lowest BCUT2D eigenvalue weighted by molar-refractivity contribution is 0.320. The lowest BCUT2D eigenvalue weighted by atomic mass is 10.0. The highest BCUT2D eigenvalue weighted by molar-refractivity contribution is 5.39. The van der Waals surface area contributed by atoms with Crippen LogP contribution in [0.4, 0.5) is 0 Å². The van der Waals surface area contributed by atoms with Crippen LogP contribution in [0.25, 0.3) is 0 Å². The van der Waals surface area contributed by atoms with Gasteiger partial charge in [-0.25, -0.2) is 0 Å². The van der Waals surface area contributed by atoms with Gasteiger partial charge in [0.2, 0.25) is 0 Å². The van der Waals surface area contributed by atoms with Crippen LogP contribution in [-0.2, 0) is 11.2 Å². The van der Waals surface area contributed by atoms with Gasteiger partial charge in [-0.15, -0.1) is 0 Å². The SMILES string of the molecule is COc1cc(C/C=C(\C)CC/C=C(\C)CC[C@H]2OC2(C)C)cc(OC)c1. The molecule has 0 N–H and O–H groups in total. The minimum atomic E-state index is 0.113. The third-order valence-corrected chi connectivity index (χ3v) is 5.09. The maximum Gasteiger partial charge on any atom is 0.122 e. The molecule has 1 aliphatic heterocycles. The standard InChI is InChI=1S/C23H34O3/c1-17(8-7-9-18(2)11-13-22-23(3,4)26-22)10-12-19-14-20(24-5)16-21(15-19)25-6/h9-10,14-16,22H,7-8,11-13H2,1-6H3/b17-10+,18-9+/t22-/m1/s1. The Labute approximate surface area is 159 Å². The van der Waals surface area contributed by atoms with Crippen LogP contribution >= 0.6 is 0 Å². The number of allylic oxidation sites excluding steroid dienone is 4. The van der Waals surface area contributed by atoms with E-state index in [9.17, 15) is 0 Å². The van der Waals surface area contributed by atoms with Gasteiger partial charge in [-0.05, 0) is 77.5 Å². The molecule has 1 saturated heterocycles. The molecule has 0 amide bonds. The first-order valence-corrected chi connectivity index (χ1v) is 9.55. The fourth-order valence-electron chi connectivity index (χ4n) is 3.12. The minimum absolute atomic E-state index is 0.113. The summed E-state index contributed by atoms with van der Waals surface area (Å²) in [4.78, 5) is 0. The summed E-state index contributed by atoms with van der Waals surface area (Å²) in [6, 6.07) is 6.04. The largest absolute Gasteiger partial charge is 0.497 e. The van der Waals surface area contributed by atoms with Gasteiger partial charge < -0.3 is 14.2 Å². The topological polar surface area (TPSA) is 31.0 Å². The van der Waals surface area contributed by atoms with Gasteiger partial charge in [0.1, 0.15) is 11.5 Å². The molecule has 1 aromatic rings. The summed E-state index contributed by atoms with van der Waals surface area (Å²) in [7, 11) is 3.37. The fourth-order valence-corrected chi connectivity index (χ4v) is 3.12. The number of hydrogen-bond donors (Lipinski definition) is 0. The lowest BCUT2D eigenvalue weighted by Crippen LogP contribution is -2.02. The monoisotopic (exact) mass is 358 g/mol. The summed E-state index contributed by atoms with van der Waals surface area (Å²) >= 11 is 0. The van der Waals surface area contributed by atoms with Crippen molar-refractivity contribution in [3.8, 4) is 11.5 Å². The van der Waals surface area contributed by atoms with Gasteiger partial charge in [-0.3, -0.25) is 0 Å². The van der Waals surface area contributed by atoms with Gasteiger partial charge >= 0.3 is 0 Å². The first-order chi connectivity index (χ1) is 12.3. The molecule has 0 bridgehead atoms. The van der Waals surface area contributed by atoms with Crippen molar-refractivity contribution in [3.63, 3.8) is 0 Å². The molecule has 1 fully saturated rings. The number of epoxide rings is 1. The highest BCUT2D eigenvalue weighted by Gasteiger charge is 2.46. The first kappa shape index (κ1) is 20.6. The van der Waals surface area contributed by atoms with E-state index in [4.69, 9.17) is 14.2 Å². The van der Waals surface area contributed by atoms with Gasteiger partial charge in [-0.1, -0.05) is 23.3 Å². The molecule has 1 aromatic carbocycles. The average Bonchev–Trinajstić information content (AvgIpc) is 3.24.